The van der Waals surface area contributed by atoms with Crippen LogP contribution in [-0.2, 0) is 24.1 Å². The van der Waals surface area contributed by atoms with Crippen LogP contribution in [0.25, 0.3) is 11.0 Å². The van der Waals surface area contributed by atoms with Gasteiger partial charge in [-0.25, -0.2) is 17.6 Å². The molecule has 2 heterocycles. The van der Waals surface area contributed by atoms with Crippen LogP contribution in [0.15, 0.2) is 67.3 Å². The number of sulfonamides is 1. The van der Waals surface area contributed by atoms with Crippen molar-refractivity contribution < 1.29 is 12.8 Å². The van der Waals surface area contributed by atoms with E-state index in [1.165, 1.54) is 45.2 Å². The summed E-state index contributed by atoms with van der Waals surface area (Å²) in [6, 6.07) is 12.2. The number of hydrogen-bond donors (Lipinski definition) is 1. The van der Waals surface area contributed by atoms with Crippen LogP contribution >= 0.6 is 34.7 Å². The molecule has 0 saturated carbocycles. The van der Waals surface area contributed by atoms with Crippen LogP contribution in [0.1, 0.15) is 0 Å². The molecule has 6 nitrogen and oxygen atoms in total. The summed E-state index contributed by atoms with van der Waals surface area (Å²) in [6.45, 7) is 0. The summed E-state index contributed by atoms with van der Waals surface area (Å²) in [7, 11) is -0.615. The Morgan fingerprint density at radius 1 is 1.03 bits per heavy atom. The predicted octanol–water partition coefficient (Wildman–Crippen LogP) is 4.68. The lowest BCUT2D eigenvalue weighted by atomic mass is 10.3. The normalized spacial score (nSPS) is 11.9. The number of nitrogens with zero attached hydrogens (tertiary/aromatic N) is 2. The van der Waals surface area contributed by atoms with E-state index in [1.807, 2.05) is 0 Å². The standard InChI is InChI=1S/C19H15ClFN3O3S3/c1-23-14-9-13(22-30(26,27)18-8-7-17(20)29-18)16(10-15(14)24(2)19(23)25)28-12-5-3-11(21)4-6-12/h3-10,22H,1-2H3. The predicted molar refractivity (Wildman–Crippen MR) is 119 cm³/mol. The van der Waals surface area contributed by atoms with E-state index in [9.17, 15) is 17.6 Å². The Kier molecular flexibility index (Phi) is 5.43. The molecule has 4 rings (SSSR count). The largest absolute Gasteiger partial charge is 0.328 e. The maximum Gasteiger partial charge on any atom is 0.328 e. The molecule has 0 aliphatic rings. The van der Waals surface area contributed by atoms with Gasteiger partial charge in [-0.1, -0.05) is 23.4 Å². The first-order valence-corrected chi connectivity index (χ1v) is 12.1. The second-order valence-electron chi connectivity index (χ2n) is 6.46. The van der Waals surface area contributed by atoms with E-state index in [0.717, 1.165) is 16.2 Å². The number of rotatable bonds is 5. The van der Waals surface area contributed by atoms with Gasteiger partial charge in [-0.3, -0.25) is 13.9 Å². The average Bonchev–Trinajstić information content (AvgIpc) is 3.23. The highest BCUT2D eigenvalue weighted by atomic mass is 35.5. The molecule has 0 saturated heterocycles. The Morgan fingerprint density at radius 3 is 2.27 bits per heavy atom. The lowest BCUT2D eigenvalue weighted by Gasteiger charge is -2.13. The number of anilines is 1. The van der Waals surface area contributed by atoms with Gasteiger partial charge in [0.25, 0.3) is 10.0 Å². The Hall–Kier alpha value is -2.27. The average molecular weight is 484 g/mol. The Balaban J connectivity index is 1.86. The minimum absolute atomic E-state index is 0.0762. The van der Waals surface area contributed by atoms with Crippen LogP contribution in [0.3, 0.4) is 0 Å². The zero-order valence-corrected chi connectivity index (χ0v) is 18.9. The zero-order valence-electron chi connectivity index (χ0n) is 15.7. The van der Waals surface area contributed by atoms with Gasteiger partial charge in [0.05, 0.1) is 21.1 Å². The molecular weight excluding hydrogens is 469 g/mol. The topological polar surface area (TPSA) is 73.1 Å². The van der Waals surface area contributed by atoms with E-state index in [0.29, 0.717) is 26.0 Å². The smallest absolute Gasteiger partial charge is 0.295 e. The van der Waals surface area contributed by atoms with E-state index >= 15 is 0 Å². The minimum Gasteiger partial charge on any atom is -0.295 e. The molecule has 30 heavy (non-hydrogen) atoms. The van der Waals surface area contributed by atoms with Crippen molar-refractivity contribution in [3.8, 4) is 0 Å². The molecule has 11 heteroatoms. The molecule has 0 amide bonds. The number of imidazole rings is 1. The molecule has 0 atom stereocenters. The summed E-state index contributed by atoms with van der Waals surface area (Å²) in [5, 5.41) is 0. The van der Waals surface area contributed by atoms with Gasteiger partial charge in [0, 0.05) is 23.9 Å². The maximum atomic E-state index is 13.3. The second-order valence-corrected chi connectivity index (χ2v) is 11.2. The fourth-order valence-corrected chi connectivity index (χ4v) is 6.49. The number of benzene rings is 2. The molecule has 2 aromatic heterocycles. The van der Waals surface area contributed by atoms with Crippen LogP contribution in [-0.4, -0.2) is 17.6 Å². The minimum atomic E-state index is -3.88. The number of thiophene rings is 1. The van der Waals surface area contributed by atoms with Gasteiger partial charge in [0.15, 0.2) is 0 Å². The maximum absolute atomic E-state index is 13.3. The monoisotopic (exact) mass is 483 g/mol. The zero-order chi connectivity index (χ0) is 21.6. The lowest BCUT2D eigenvalue weighted by Crippen LogP contribution is -2.19. The number of aromatic nitrogens is 2. The Bertz CT molecular complexity index is 1420. The van der Waals surface area contributed by atoms with Crippen LogP contribution in [0, 0.1) is 5.82 Å². The molecule has 2 aromatic carbocycles. The van der Waals surface area contributed by atoms with Gasteiger partial charge in [0.2, 0.25) is 0 Å². The third kappa shape index (κ3) is 3.87. The molecular formula is C19H15ClFN3O3S3. The van der Waals surface area contributed by atoms with Crippen LogP contribution in [0.4, 0.5) is 10.1 Å². The van der Waals surface area contributed by atoms with Gasteiger partial charge in [0.1, 0.15) is 10.0 Å². The van der Waals surface area contributed by atoms with Crippen molar-refractivity contribution in [2.24, 2.45) is 14.1 Å². The highest BCUT2D eigenvalue weighted by molar-refractivity contribution is 7.99. The first kappa shape index (κ1) is 21.0. The van der Waals surface area contributed by atoms with Gasteiger partial charge in [-0.15, -0.1) is 11.3 Å². The molecule has 0 fully saturated rings. The molecule has 0 spiro atoms. The first-order valence-electron chi connectivity index (χ1n) is 8.57. The highest BCUT2D eigenvalue weighted by Gasteiger charge is 2.21. The summed E-state index contributed by atoms with van der Waals surface area (Å²) in [6.07, 6.45) is 0. The van der Waals surface area contributed by atoms with Crippen LogP contribution in [0.5, 0.6) is 0 Å². The molecule has 0 bridgehead atoms. The number of nitrogens with one attached hydrogen (secondary N) is 1. The van der Waals surface area contributed by atoms with E-state index < -0.39 is 10.0 Å². The van der Waals surface area contributed by atoms with Gasteiger partial charge < -0.3 is 0 Å². The van der Waals surface area contributed by atoms with Crippen molar-refractivity contribution >= 4 is 61.4 Å². The van der Waals surface area contributed by atoms with Crippen molar-refractivity contribution in [2.45, 2.75) is 14.0 Å². The summed E-state index contributed by atoms with van der Waals surface area (Å²) in [4.78, 5) is 13.6. The second kappa shape index (κ2) is 7.77. The van der Waals surface area contributed by atoms with Crippen molar-refractivity contribution in [1.29, 1.82) is 0 Å². The van der Waals surface area contributed by atoms with Crippen LogP contribution in [0.2, 0.25) is 4.34 Å². The number of fused-ring (bicyclic) bond motifs is 1. The molecule has 4 aromatic rings. The Labute approximate surface area is 185 Å². The van der Waals surface area contributed by atoms with Crippen molar-refractivity contribution in [3.05, 3.63) is 69.2 Å². The van der Waals surface area contributed by atoms with Crippen molar-refractivity contribution in [1.82, 2.24) is 9.13 Å². The van der Waals surface area contributed by atoms with Gasteiger partial charge in [-0.05, 0) is 48.5 Å². The summed E-state index contributed by atoms with van der Waals surface area (Å²) in [5.74, 6) is -0.365. The quantitative estimate of drug-likeness (QED) is 0.447. The summed E-state index contributed by atoms with van der Waals surface area (Å²) in [5.41, 5.74) is 1.30. The molecule has 0 unspecified atom stereocenters. The van der Waals surface area contributed by atoms with E-state index in [-0.39, 0.29) is 15.7 Å². The highest BCUT2D eigenvalue weighted by Crippen LogP contribution is 2.38. The molecule has 0 radical (unpaired) electrons. The number of hydrogen-bond acceptors (Lipinski definition) is 5. The molecule has 0 aliphatic heterocycles. The number of aryl methyl sites for hydroxylation is 2. The summed E-state index contributed by atoms with van der Waals surface area (Å²) >= 11 is 8.10. The third-order valence-corrected chi connectivity index (χ3v) is 8.63. The van der Waals surface area contributed by atoms with Gasteiger partial charge >= 0.3 is 5.69 Å². The molecule has 1 N–H and O–H groups in total. The Morgan fingerprint density at radius 2 is 1.67 bits per heavy atom. The first-order chi connectivity index (χ1) is 14.2. The third-order valence-electron chi connectivity index (χ3n) is 4.47. The van der Waals surface area contributed by atoms with Crippen molar-refractivity contribution in [2.75, 3.05) is 4.72 Å². The molecule has 156 valence electrons. The van der Waals surface area contributed by atoms with Gasteiger partial charge in [-0.2, -0.15) is 0 Å². The fraction of sp³-hybridized carbons (Fsp3) is 0.105. The summed E-state index contributed by atoms with van der Waals surface area (Å²) < 4.78 is 45.0. The van der Waals surface area contributed by atoms with E-state index in [2.05, 4.69) is 4.72 Å². The molecule has 0 aliphatic carbocycles. The lowest BCUT2D eigenvalue weighted by molar-refractivity contribution is 0.603. The van der Waals surface area contributed by atoms with Crippen molar-refractivity contribution in [3.63, 3.8) is 0 Å². The van der Waals surface area contributed by atoms with Crippen LogP contribution < -0.4 is 10.4 Å². The van der Waals surface area contributed by atoms with E-state index in [4.69, 9.17) is 11.6 Å². The number of halogens is 2. The SMILES string of the molecule is Cn1c(=O)n(C)c2cc(Sc3ccc(F)cc3)c(NS(=O)(=O)c3ccc(Cl)s3)cc21. The van der Waals surface area contributed by atoms with E-state index in [1.54, 1.807) is 38.4 Å². The fourth-order valence-electron chi connectivity index (χ4n) is 2.96.